The molecule has 0 radical (unpaired) electrons. The summed E-state index contributed by atoms with van der Waals surface area (Å²) in [6, 6.07) is 11.8. The van der Waals surface area contributed by atoms with Gasteiger partial charge in [0.25, 0.3) is 0 Å². The van der Waals surface area contributed by atoms with Crippen molar-refractivity contribution < 1.29 is 9.84 Å². The van der Waals surface area contributed by atoms with E-state index in [9.17, 15) is 5.11 Å². The largest absolute Gasteiger partial charge is 0.385 e. The Kier molecular flexibility index (Phi) is 3.94. The number of benzene rings is 1. The van der Waals surface area contributed by atoms with Crippen LogP contribution in [0.25, 0.3) is 0 Å². The number of aliphatic hydroxyl groups is 1. The molecule has 0 bridgehead atoms. The van der Waals surface area contributed by atoms with Crippen LogP contribution in [0.15, 0.2) is 41.8 Å². The Hall–Kier alpha value is -1.16. The van der Waals surface area contributed by atoms with Gasteiger partial charge < -0.3 is 9.84 Å². The number of rotatable bonds is 4. The van der Waals surface area contributed by atoms with Gasteiger partial charge in [-0.15, -0.1) is 11.3 Å². The van der Waals surface area contributed by atoms with Crippen molar-refractivity contribution in [1.29, 1.82) is 0 Å². The number of hydrogen-bond acceptors (Lipinski definition) is 3. The lowest BCUT2D eigenvalue weighted by molar-refractivity contribution is -0.0147. The molecular formula is C14H16O2S. The van der Waals surface area contributed by atoms with Crippen LogP contribution in [0.1, 0.15) is 28.2 Å². The van der Waals surface area contributed by atoms with Crippen LogP contribution in [-0.2, 0) is 4.74 Å². The molecule has 0 aliphatic rings. The van der Waals surface area contributed by atoms with Gasteiger partial charge >= 0.3 is 0 Å². The topological polar surface area (TPSA) is 29.5 Å². The van der Waals surface area contributed by atoms with Crippen LogP contribution in [0.2, 0.25) is 0 Å². The molecular weight excluding hydrogens is 232 g/mol. The minimum absolute atomic E-state index is 0.315. The minimum Gasteiger partial charge on any atom is -0.385 e. The second-order valence-corrected chi connectivity index (χ2v) is 5.12. The van der Waals surface area contributed by atoms with Crippen LogP contribution >= 0.6 is 11.3 Å². The zero-order valence-corrected chi connectivity index (χ0v) is 10.8. The number of thiophene rings is 1. The first kappa shape index (κ1) is 12.3. The SMILES string of the molecule is COC(c1ccccc1)C(O)c1csc(C)c1. The van der Waals surface area contributed by atoms with Gasteiger partial charge in [0.05, 0.1) is 0 Å². The first-order valence-corrected chi connectivity index (χ1v) is 6.41. The normalized spacial score (nSPS) is 14.5. The van der Waals surface area contributed by atoms with Crippen molar-refractivity contribution in [3.05, 3.63) is 57.8 Å². The second-order valence-electron chi connectivity index (χ2n) is 4.00. The Morgan fingerprint density at radius 2 is 1.88 bits per heavy atom. The summed E-state index contributed by atoms with van der Waals surface area (Å²) in [7, 11) is 1.63. The zero-order valence-electron chi connectivity index (χ0n) is 9.96. The fourth-order valence-corrected chi connectivity index (χ4v) is 2.62. The molecule has 1 N–H and O–H groups in total. The highest BCUT2D eigenvalue weighted by Gasteiger charge is 2.22. The van der Waals surface area contributed by atoms with Crippen molar-refractivity contribution in [3.63, 3.8) is 0 Å². The molecule has 1 heterocycles. The van der Waals surface area contributed by atoms with Crippen molar-refractivity contribution in [1.82, 2.24) is 0 Å². The van der Waals surface area contributed by atoms with E-state index >= 15 is 0 Å². The molecule has 17 heavy (non-hydrogen) atoms. The molecule has 1 aromatic heterocycles. The summed E-state index contributed by atoms with van der Waals surface area (Å²) in [6.07, 6.45) is -0.933. The lowest BCUT2D eigenvalue weighted by atomic mass is 10.00. The molecule has 0 amide bonds. The zero-order chi connectivity index (χ0) is 12.3. The smallest absolute Gasteiger partial charge is 0.112 e. The fourth-order valence-electron chi connectivity index (χ4n) is 1.88. The Morgan fingerprint density at radius 1 is 1.18 bits per heavy atom. The first-order valence-electron chi connectivity index (χ1n) is 5.53. The molecule has 1 aromatic carbocycles. The van der Waals surface area contributed by atoms with Crippen molar-refractivity contribution in [2.24, 2.45) is 0 Å². The van der Waals surface area contributed by atoms with E-state index in [1.54, 1.807) is 18.4 Å². The van der Waals surface area contributed by atoms with E-state index in [0.29, 0.717) is 0 Å². The molecule has 2 nitrogen and oxygen atoms in total. The molecule has 0 fully saturated rings. The molecule has 0 aliphatic heterocycles. The monoisotopic (exact) mass is 248 g/mol. The molecule has 3 heteroatoms. The molecule has 0 aliphatic carbocycles. The first-order chi connectivity index (χ1) is 8.22. The van der Waals surface area contributed by atoms with Crippen LogP contribution < -0.4 is 0 Å². The molecule has 2 aromatic rings. The predicted molar refractivity (Wildman–Crippen MR) is 70.2 cm³/mol. The maximum atomic E-state index is 10.3. The van der Waals surface area contributed by atoms with Crippen molar-refractivity contribution in [2.45, 2.75) is 19.1 Å². The maximum absolute atomic E-state index is 10.3. The highest BCUT2D eigenvalue weighted by molar-refractivity contribution is 7.10. The molecule has 2 atom stereocenters. The van der Waals surface area contributed by atoms with Crippen LogP contribution in [0.4, 0.5) is 0 Å². The number of aliphatic hydroxyl groups excluding tert-OH is 1. The van der Waals surface area contributed by atoms with E-state index in [2.05, 4.69) is 0 Å². The van der Waals surface area contributed by atoms with Gasteiger partial charge in [-0.3, -0.25) is 0 Å². The van der Waals surface area contributed by atoms with Gasteiger partial charge in [-0.05, 0) is 29.5 Å². The van der Waals surface area contributed by atoms with Gasteiger partial charge in [-0.2, -0.15) is 0 Å². The van der Waals surface area contributed by atoms with Gasteiger partial charge in [0, 0.05) is 12.0 Å². The van der Waals surface area contributed by atoms with Gasteiger partial charge in [0.1, 0.15) is 12.2 Å². The molecule has 0 spiro atoms. The van der Waals surface area contributed by atoms with Crippen LogP contribution in [0.5, 0.6) is 0 Å². The quantitative estimate of drug-likeness (QED) is 0.897. The van der Waals surface area contributed by atoms with Crippen LogP contribution in [0.3, 0.4) is 0 Å². The minimum atomic E-state index is -0.618. The van der Waals surface area contributed by atoms with E-state index in [0.717, 1.165) is 11.1 Å². The number of methoxy groups -OCH3 is 1. The van der Waals surface area contributed by atoms with Gasteiger partial charge in [-0.25, -0.2) is 0 Å². The van der Waals surface area contributed by atoms with Crippen molar-refractivity contribution in [2.75, 3.05) is 7.11 Å². The highest BCUT2D eigenvalue weighted by Crippen LogP contribution is 2.33. The van der Waals surface area contributed by atoms with E-state index in [1.807, 2.05) is 48.7 Å². The average Bonchev–Trinajstić information content (AvgIpc) is 2.78. The standard InChI is InChI=1S/C14H16O2S/c1-10-8-12(9-17-10)13(15)14(16-2)11-6-4-3-5-7-11/h3-9,13-15H,1-2H3. The lowest BCUT2D eigenvalue weighted by Gasteiger charge is -2.21. The fraction of sp³-hybridized carbons (Fsp3) is 0.286. The van der Waals surface area contributed by atoms with Crippen molar-refractivity contribution >= 4 is 11.3 Å². The lowest BCUT2D eigenvalue weighted by Crippen LogP contribution is -2.12. The third-order valence-corrected chi connectivity index (χ3v) is 3.64. The van der Waals surface area contributed by atoms with Gasteiger partial charge in [-0.1, -0.05) is 30.3 Å². The van der Waals surface area contributed by atoms with Crippen LogP contribution in [0, 0.1) is 6.92 Å². The number of hydrogen-bond donors (Lipinski definition) is 1. The molecule has 2 rings (SSSR count). The summed E-state index contributed by atoms with van der Waals surface area (Å²) < 4.78 is 5.42. The Morgan fingerprint density at radius 3 is 2.41 bits per heavy atom. The van der Waals surface area contributed by atoms with Crippen molar-refractivity contribution in [3.8, 4) is 0 Å². The van der Waals surface area contributed by atoms with E-state index in [1.165, 1.54) is 4.88 Å². The summed E-state index contributed by atoms with van der Waals surface area (Å²) in [4.78, 5) is 1.20. The second kappa shape index (κ2) is 5.45. The summed E-state index contributed by atoms with van der Waals surface area (Å²) in [5.41, 5.74) is 1.91. The molecule has 2 unspecified atom stereocenters. The maximum Gasteiger partial charge on any atom is 0.112 e. The van der Waals surface area contributed by atoms with E-state index in [4.69, 9.17) is 4.74 Å². The van der Waals surface area contributed by atoms with Crippen LogP contribution in [-0.4, -0.2) is 12.2 Å². The number of aryl methyl sites for hydroxylation is 1. The van der Waals surface area contributed by atoms with Gasteiger partial charge in [0.15, 0.2) is 0 Å². The van der Waals surface area contributed by atoms with E-state index in [-0.39, 0.29) is 6.10 Å². The molecule has 90 valence electrons. The Labute approximate surface area is 105 Å². The third-order valence-electron chi connectivity index (χ3n) is 2.76. The summed E-state index contributed by atoms with van der Waals surface area (Å²) >= 11 is 1.64. The summed E-state index contributed by atoms with van der Waals surface area (Å²) in [5, 5.41) is 12.3. The third kappa shape index (κ3) is 2.75. The molecule has 0 saturated carbocycles. The Bertz CT molecular complexity index is 464. The van der Waals surface area contributed by atoms with E-state index < -0.39 is 6.10 Å². The molecule has 0 saturated heterocycles. The van der Waals surface area contributed by atoms with Gasteiger partial charge in [0.2, 0.25) is 0 Å². The summed E-state index contributed by atoms with van der Waals surface area (Å²) in [5.74, 6) is 0. The number of ether oxygens (including phenoxy) is 1. The predicted octanol–water partition coefficient (Wildman–Crippen LogP) is 3.48. The summed E-state index contributed by atoms with van der Waals surface area (Å²) in [6.45, 7) is 2.03. The Balaban J connectivity index is 2.25. The highest BCUT2D eigenvalue weighted by atomic mass is 32.1. The average molecular weight is 248 g/mol.